The molecule has 1 heterocycles. The molecular formula is C17H22N4O4. The predicted molar refractivity (Wildman–Crippen MR) is 91.9 cm³/mol. The molecular weight excluding hydrogens is 324 g/mol. The molecule has 134 valence electrons. The molecule has 1 aliphatic rings. The SMILES string of the molecule is CCNC(=O)CNC(=O)CN1C(=O)[C@@H](C)N(c2ccc(C)cc2)C1=O. The summed E-state index contributed by atoms with van der Waals surface area (Å²) in [5, 5.41) is 4.94. The number of aryl methyl sites for hydroxylation is 1. The summed E-state index contributed by atoms with van der Waals surface area (Å²) in [6.07, 6.45) is 0. The van der Waals surface area contributed by atoms with Crippen LogP contribution in [0.3, 0.4) is 0 Å². The molecule has 1 saturated heterocycles. The zero-order valence-electron chi connectivity index (χ0n) is 14.5. The number of hydrogen-bond acceptors (Lipinski definition) is 4. The quantitative estimate of drug-likeness (QED) is 0.729. The fourth-order valence-corrected chi connectivity index (χ4v) is 2.55. The first-order valence-corrected chi connectivity index (χ1v) is 8.09. The predicted octanol–water partition coefficient (Wildman–Crippen LogP) is 0.404. The third-order valence-corrected chi connectivity index (χ3v) is 3.88. The number of likely N-dealkylation sites (N-methyl/N-ethyl adjacent to an activating group) is 1. The number of amides is 5. The molecule has 1 fully saturated rings. The fourth-order valence-electron chi connectivity index (χ4n) is 2.55. The Balaban J connectivity index is 2.03. The highest BCUT2D eigenvalue weighted by Gasteiger charge is 2.43. The van der Waals surface area contributed by atoms with Gasteiger partial charge in [0.2, 0.25) is 11.8 Å². The van der Waals surface area contributed by atoms with E-state index in [2.05, 4.69) is 10.6 Å². The lowest BCUT2D eigenvalue weighted by atomic mass is 10.2. The van der Waals surface area contributed by atoms with Crippen LogP contribution in [0.25, 0.3) is 0 Å². The summed E-state index contributed by atoms with van der Waals surface area (Å²) < 4.78 is 0. The van der Waals surface area contributed by atoms with Gasteiger partial charge in [0, 0.05) is 12.2 Å². The molecule has 25 heavy (non-hydrogen) atoms. The summed E-state index contributed by atoms with van der Waals surface area (Å²) in [6.45, 7) is 5.16. The molecule has 8 nitrogen and oxygen atoms in total. The average Bonchev–Trinajstić information content (AvgIpc) is 2.78. The number of urea groups is 1. The molecule has 5 amide bonds. The van der Waals surface area contributed by atoms with Gasteiger partial charge >= 0.3 is 6.03 Å². The van der Waals surface area contributed by atoms with E-state index < -0.39 is 30.4 Å². The second kappa shape index (κ2) is 7.78. The lowest BCUT2D eigenvalue weighted by Gasteiger charge is -2.19. The number of nitrogens with one attached hydrogen (secondary N) is 2. The Morgan fingerprint density at radius 1 is 1.08 bits per heavy atom. The van der Waals surface area contributed by atoms with E-state index >= 15 is 0 Å². The van der Waals surface area contributed by atoms with Crippen molar-refractivity contribution in [1.29, 1.82) is 0 Å². The molecule has 1 aliphatic heterocycles. The van der Waals surface area contributed by atoms with Gasteiger partial charge in [0.25, 0.3) is 5.91 Å². The van der Waals surface area contributed by atoms with Gasteiger partial charge in [-0.05, 0) is 32.9 Å². The number of benzene rings is 1. The van der Waals surface area contributed by atoms with Crippen molar-refractivity contribution in [2.45, 2.75) is 26.8 Å². The minimum absolute atomic E-state index is 0.194. The Hall–Kier alpha value is -2.90. The number of carbonyl (C=O) groups excluding carboxylic acids is 4. The van der Waals surface area contributed by atoms with Crippen molar-refractivity contribution in [2.75, 3.05) is 24.5 Å². The van der Waals surface area contributed by atoms with Gasteiger partial charge in [0.1, 0.15) is 12.6 Å². The Morgan fingerprint density at radius 3 is 2.32 bits per heavy atom. The molecule has 2 N–H and O–H groups in total. The van der Waals surface area contributed by atoms with E-state index in [0.717, 1.165) is 10.5 Å². The van der Waals surface area contributed by atoms with Crippen molar-refractivity contribution in [1.82, 2.24) is 15.5 Å². The van der Waals surface area contributed by atoms with Gasteiger partial charge in [0.05, 0.1) is 6.54 Å². The van der Waals surface area contributed by atoms with E-state index in [-0.39, 0.29) is 12.5 Å². The van der Waals surface area contributed by atoms with Gasteiger partial charge < -0.3 is 10.6 Å². The standard InChI is InChI=1S/C17H22N4O4/c1-4-18-14(22)9-19-15(23)10-20-16(24)12(3)21(17(20)25)13-7-5-11(2)6-8-13/h5-8,12H,4,9-10H2,1-3H3,(H,18,22)(H,19,23)/t12-/m1/s1. The van der Waals surface area contributed by atoms with Crippen LogP contribution in [0.5, 0.6) is 0 Å². The molecule has 0 bridgehead atoms. The van der Waals surface area contributed by atoms with E-state index in [1.54, 1.807) is 26.0 Å². The van der Waals surface area contributed by atoms with Gasteiger partial charge in [0.15, 0.2) is 0 Å². The molecule has 0 aromatic heterocycles. The fraction of sp³-hybridized carbons (Fsp3) is 0.412. The monoisotopic (exact) mass is 346 g/mol. The number of rotatable bonds is 6. The number of anilines is 1. The van der Waals surface area contributed by atoms with Gasteiger partial charge in [-0.3, -0.25) is 24.2 Å². The summed E-state index contributed by atoms with van der Waals surface area (Å²) in [6, 6.07) is 5.98. The van der Waals surface area contributed by atoms with Crippen molar-refractivity contribution in [2.24, 2.45) is 0 Å². The van der Waals surface area contributed by atoms with E-state index in [1.165, 1.54) is 4.90 Å². The summed E-state index contributed by atoms with van der Waals surface area (Å²) in [5.41, 5.74) is 1.64. The van der Waals surface area contributed by atoms with Crippen LogP contribution in [0.15, 0.2) is 24.3 Å². The van der Waals surface area contributed by atoms with Gasteiger partial charge in [-0.1, -0.05) is 17.7 Å². The van der Waals surface area contributed by atoms with Crippen LogP contribution in [-0.4, -0.2) is 54.3 Å². The first-order valence-electron chi connectivity index (χ1n) is 8.09. The van der Waals surface area contributed by atoms with Crippen molar-refractivity contribution >= 4 is 29.4 Å². The van der Waals surface area contributed by atoms with Crippen LogP contribution in [-0.2, 0) is 14.4 Å². The highest BCUT2D eigenvalue weighted by molar-refractivity contribution is 6.15. The van der Waals surface area contributed by atoms with Crippen molar-refractivity contribution in [3.63, 3.8) is 0 Å². The molecule has 1 aromatic carbocycles. The van der Waals surface area contributed by atoms with Crippen LogP contribution in [0.1, 0.15) is 19.4 Å². The molecule has 0 spiro atoms. The smallest absolute Gasteiger partial charge is 0.332 e. The van der Waals surface area contributed by atoms with Crippen molar-refractivity contribution < 1.29 is 19.2 Å². The maximum atomic E-state index is 12.6. The maximum Gasteiger partial charge on any atom is 0.332 e. The molecule has 0 unspecified atom stereocenters. The van der Waals surface area contributed by atoms with E-state index in [1.807, 2.05) is 19.1 Å². The topological polar surface area (TPSA) is 98.8 Å². The molecule has 0 saturated carbocycles. The average molecular weight is 346 g/mol. The van der Waals surface area contributed by atoms with E-state index in [0.29, 0.717) is 12.2 Å². The zero-order chi connectivity index (χ0) is 18.6. The normalized spacial score (nSPS) is 17.0. The lowest BCUT2D eigenvalue weighted by Crippen LogP contribution is -2.44. The van der Waals surface area contributed by atoms with Crippen LogP contribution in [0, 0.1) is 6.92 Å². The van der Waals surface area contributed by atoms with Crippen LogP contribution < -0.4 is 15.5 Å². The summed E-state index contributed by atoms with van der Waals surface area (Å²) in [7, 11) is 0. The second-order valence-corrected chi connectivity index (χ2v) is 5.82. The Labute approximate surface area is 146 Å². The maximum absolute atomic E-state index is 12.6. The molecule has 8 heteroatoms. The second-order valence-electron chi connectivity index (χ2n) is 5.82. The Morgan fingerprint density at radius 2 is 1.72 bits per heavy atom. The highest BCUT2D eigenvalue weighted by atomic mass is 16.2. The summed E-state index contributed by atoms with van der Waals surface area (Å²) in [4.78, 5) is 50.5. The first kappa shape index (κ1) is 18.4. The lowest BCUT2D eigenvalue weighted by molar-refractivity contribution is -0.132. The third-order valence-electron chi connectivity index (χ3n) is 3.88. The van der Waals surface area contributed by atoms with Crippen molar-refractivity contribution in [3.05, 3.63) is 29.8 Å². The minimum Gasteiger partial charge on any atom is -0.355 e. The molecule has 2 rings (SSSR count). The third kappa shape index (κ3) is 4.14. The van der Waals surface area contributed by atoms with Crippen LogP contribution in [0.4, 0.5) is 10.5 Å². The van der Waals surface area contributed by atoms with E-state index in [4.69, 9.17) is 0 Å². The number of carbonyl (C=O) groups is 4. The first-order chi connectivity index (χ1) is 11.8. The molecule has 1 aromatic rings. The minimum atomic E-state index is -0.689. The summed E-state index contributed by atoms with van der Waals surface area (Å²) in [5.74, 6) is -1.34. The van der Waals surface area contributed by atoms with Crippen LogP contribution >= 0.6 is 0 Å². The Kier molecular flexibility index (Phi) is 5.74. The molecule has 1 atom stereocenters. The number of hydrogen-bond donors (Lipinski definition) is 2. The Bertz CT molecular complexity index is 686. The molecule has 0 radical (unpaired) electrons. The van der Waals surface area contributed by atoms with Gasteiger partial charge in [-0.15, -0.1) is 0 Å². The van der Waals surface area contributed by atoms with Gasteiger partial charge in [-0.25, -0.2) is 4.79 Å². The van der Waals surface area contributed by atoms with E-state index in [9.17, 15) is 19.2 Å². The number of imide groups is 1. The van der Waals surface area contributed by atoms with Gasteiger partial charge in [-0.2, -0.15) is 0 Å². The zero-order valence-corrected chi connectivity index (χ0v) is 14.5. The number of nitrogens with zero attached hydrogens (tertiary/aromatic N) is 2. The van der Waals surface area contributed by atoms with Crippen LogP contribution in [0.2, 0.25) is 0 Å². The molecule has 0 aliphatic carbocycles. The largest absolute Gasteiger partial charge is 0.355 e. The highest BCUT2D eigenvalue weighted by Crippen LogP contribution is 2.25. The summed E-state index contributed by atoms with van der Waals surface area (Å²) >= 11 is 0. The van der Waals surface area contributed by atoms with Crippen molar-refractivity contribution in [3.8, 4) is 0 Å².